The zero-order valence-corrected chi connectivity index (χ0v) is 9.94. The Morgan fingerprint density at radius 2 is 2.00 bits per heavy atom. The maximum Gasteiger partial charge on any atom is 0.267 e. The number of para-hydroxylation sites is 1. The molecule has 0 unspecified atom stereocenters. The Bertz CT molecular complexity index is 584. The lowest BCUT2D eigenvalue weighted by Crippen LogP contribution is -2.25. The van der Waals surface area contributed by atoms with Gasteiger partial charge in [-0.3, -0.25) is 4.79 Å². The molecule has 0 bridgehead atoms. The van der Waals surface area contributed by atoms with Gasteiger partial charge in [0.15, 0.2) is 0 Å². The molecule has 1 aliphatic carbocycles. The second-order valence-corrected chi connectivity index (χ2v) is 4.62. The molecule has 1 aromatic carbocycles. The molecule has 92 valence electrons. The number of anilines is 1. The second-order valence-electron chi connectivity index (χ2n) is 4.62. The molecule has 1 saturated carbocycles. The highest BCUT2D eigenvalue weighted by Crippen LogP contribution is 2.25. The van der Waals surface area contributed by atoms with Crippen molar-refractivity contribution in [3.63, 3.8) is 0 Å². The zero-order valence-electron chi connectivity index (χ0n) is 9.94. The van der Waals surface area contributed by atoms with Crippen LogP contribution in [0.2, 0.25) is 0 Å². The summed E-state index contributed by atoms with van der Waals surface area (Å²) >= 11 is 0. The highest BCUT2D eigenvalue weighted by Gasteiger charge is 2.24. The predicted molar refractivity (Wildman–Crippen MR) is 71.1 cm³/mol. The van der Waals surface area contributed by atoms with E-state index in [1.54, 1.807) is 6.07 Å². The third kappa shape index (κ3) is 2.09. The van der Waals surface area contributed by atoms with Gasteiger partial charge in [-0.05, 0) is 31.0 Å². The fourth-order valence-corrected chi connectivity index (χ4v) is 1.92. The number of rotatable bonds is 3. The summed E-state index contributed by atoms with van der Waals surface area (Å²) in [6, 6.07) is 11.6. The van der Waals surface area contributed by atoms with Gasteiger partial charge in [-0.25, -0.2) is 0 Å². The predicted octanol–water partition coefficient (Wildman–Crippen LogP) is 2.16. The average molecular weight is 241 g/mol. The standard InChI is InChI=1S/C14H15N3O/c15-11-4-2-1-3-10(11)12-7-8-13(17-12)14(18)16-9-5-6-9/h1-4,7-9,17H,5-6,15H2,(H,16,18). The molecule has 0 atom stereocenters. The maximum absolute atomic E-state index is 11.9. The molecule has 0 spiro atoms. The van der Waals surface area contributed by atoms with Gasteiger partial charge in [0.1, 0.15) is 5.69 Å². The summed E-state index contributed by atoms with van der Waals surface area (Å²) in [5.41, 5.74) is 8.98. The molecule has 18 heavy (non-hydrogen) atoms. The van der Waals surface area contributed by atoms with Crippen molar-refractivity contribution >= 4 is 11.6 Å². The summed E-state index contributed by atoms with van der Waals surface area (Å²) in [4.78, 5) is 15.0. The van der Waals surface area contributed by atoms with E-state index in [2.05, 4.69) is 10.3 Å². The fourth-order valence-electron chi connectivity index (χ4n) is 1.92. The number of nitrogens with one attached hydrogen (secondary N) is 2. The first-order valence-electron chi connectivity index (χ1n) is 6.09. The minimum absolute atomic E-state index is 0.0433. The van der Waals surface area contributed by atoms with Gasteiger partial charge in [-0.15, -0.1) is 0 Å². The summed E-state index contributed by atoms with van der Waals surface area (Å²) in [6.07, 6.45) is 2.18. The Balaban J connectivity index is 1.84. The molecular weight excluding hydrogens is 226 g/mol. The van der Waals surface area contributed by atoms with E-state index in [9.17, 15) is 4.79 Å². The molecule has 1 amide bonds. The van der Waals surface area contributed by atoms with Crippen LogP contribution < -0.4 is 11.1 Å². The first kappa shape index (κ1) is 10.9. The number of carbonyl (C=O) groups excluding carboxylic acids is 1. The van der Waals surface area contributed by atoms with E-state index < -0.39 is 0 Å². The lowest BCUT2D eigenvalue weighted by molar-refractivity contribution is 0.0947. The average Bonchev–Trinajstić information content (AvgIpc) is 3.04. The first-order valence-corrected chi connectivity index (χ1v) is 6.09. The monoisotopic (exact) mass is 241 g/mol. The number of aromatic nitrogens is 1. The third-order valence-electron chi connectivity index (χ3n) is 3.09. The van der Waals surface area contributed by atoms with Gasteiger partial charge in [0.2, 0.25) is 0 Å². The number of hydrogen-bond donors (Lipinski definition) is 3. The molecule has 0 aliphatic heterocycles. The highest BCUT2D eigenvalue weighted by atomic mass is 16.2. The summed E-state index contributed by atoms with van der Waals surface area (Å²) in [7, 11) is 0. The smallest absolute Gasteiger partial charge is 0.267 e. The van der Waals surface area contributed by atoms with Crippen LogP contribution in [0.5, 0.6) is 0 Å². The minimum atomic E-state index is -0.0433. The number of H-pyrrole nitrogens is 1. The highest BCUT2D eigenvalue weighted by molar-refractivity contribution is 5.94. The molecule has 0 saturated heterocycles. The molecule has 4 N–H and O–H groups in total. The van der Waals surface area contributed by atoms with E-state index in [4.69, 9.17) is 5.73 Å². The van der Waals surface area contributed by atoms with Crippen LogP contribution in [0.25, 0.3) is 11.3 Å². The molecule has 3 rings (SSSR count). The molecule has 1 fully saturated rings. The Morgan fingerprint density at radius 3 is 2.72 bits per heavy atom. The van der Waals surface area contributed by atoms with Crippen molar-refractivity contribution in [2.45, 2.75) is 18.9 Å². The second kappa shape index (κ2) is 4.22. The molecule has 4 nitrogen and oxygen atoms in total. The Morgan fingerprint density at radius 1 is 1.22 bits per heavy atom. The van der Waals surface area contributed by atoms with Crippen LogP contribution in [-0.2, 0) is 0 Å². The van der Waals surface area contributed by atoms with Gasteiger partial charge >= 0.3 is 0 Å². The summed E-state index contributed by atoms with van der Waals surface area (Å²) in [6.45, 7) is 0. The van der Waals surface area contributed by atoms with Crippen molar-refractivity contribution in [2.75, 3.05) is 5.73 Å². The molecule has 1 heterocycles. The normalized spacial score (nSPS) is 14.4. The van der Waals surface area contributed by atoms with Crippen molar-refractivity contribution in [1.29, 1.82) is 0 Å². The van der Waals surface area contributed by atoms with Gasteiger partial charge < -0.3 is 16.0 Å². The van der Waals surface area contributed by atoms with E-state index in [1.165, 1.54) is 0 Å². The number of aromatic amines is 1. The topological polar surface area (TPSA) is 70.9 Å². The van der Waals surface area contributed by atoms with E-state index >= 15 is 0 Å². The van der Waals surface area contributed by atoms with Crippen LogP contribution in [0, 0.1) is 0 Å². The number of carbonyl (C=O) groups is 1. The van der Waals surface area contributed by atoms with Crippen LogP contribution in [0.3, 0.4) is 0 Å². The SMILES string of the molecule is Nc1ccccc1-c1ccc(C(=O)NC2CC2)[nH]1. The molecule has 2 aromatic rings. The van der Waals surface area contributed by atoms with Gasteiger partial charge in [0.05, 0.1) is 0 Å². The number of hydrogen-bond acceptors (Lipinski definition) is 2. The largest absolute Gasteiger partial charge is 0.398 e. The quantitative estimate of drug-likeness (QED) is 0.720. The summed E-state index contributed by atoms with van der Waals surface area (Å²) < 4.78 is 0. The van der Waals surface area contributed by atoms with Crippen molar-refractivity contribution in [3.05, 3.63) is 42.1 Å². The maximum atomic E-state index is 11.9. The van der Waals surface area contributed by atoms with Crippen LogP contribution in [0.4, 0.5) is 5.69 Å². The van der Waals surface area contributed by atoms with Crippen LogP contribution in [-0.4, -0.2) is 16.9 Å². The van der Waals surface area contributed by atoms with E-state index in [1.807, 2.05) is 30.3 Å². The fraction of sp³-hybridized carbons (Fsp3) is 0.214. The molecule has 4 heteroatoms. The zero-order chi connectivity index (χ0) is 12.5. The molecule has 1 aliphatic rings. The molecule has 1 aromatic heterocycles. The molecular formula is C14H15N3O. The van der Waals surface area contributed by atoms with E-state index in [0.717, 1.165) is 24.1 Å². The Labute approximate surface area is 105 Å². The minimum Gasteiger partial charge on any atom is -0.398 e. The van der Waals surface area contributed by atoms with Gasteiger partial charge in [0, 0.05) is 23.0 Å². The van der Waals surface area contributed by atoms with Crippen molar-refractivity contribution in [3.8, 4) is 11.3 Å². The summed E-state index contributed by atoms with van der Waals surface area (Å²) in [5.74, 6) is -0.0433. The summed E-state index contributed by atoms with van der Waals surface area (Å²) in [5, 5.41) is 2.95. The number of amides is 1. The van der Waals surface area contributed by atoms with Crippen molar-refractivity contribution in [2.24, 2.45) is 0 Å². The first-order chi connectivity index (χ1) is 8.74. The lowest BCUT2D eigenvalue weighted by Gasteiger charge is -2.03. The Hall–Kier alpha value is -2.23. The van der Waals surface area contributed by atoms with Crippen molar-refractivity contribution < 1.29 is 4.79 Å². The van der Waals surface area contributed by atoms with Crippen molar-refractivity contribution in [1.82, 2.24) is 10.3 Å². The number of benzene rings is 1. The van der Waals surface area contributed by atoms with E-state index in [-0.39, 0.29) is 5.91 Å². The Kier molecular flexibility index (Phi) is 2.55. The lowest BCUT2D eigenvalue weighted by atomic mass is 10.1. The number of nitrogens with two attached hydrogens (primary N) is 1. The van der Waals surface area contributed by atoms with Crippen LogP contribution in [0.15, 0.2) is 36.4 Å². The van der Waals surface area contributed by atoms with Gasteiger partial charge in [-0.1, -0.05) is 18.2 Å². The van der Waals surface area contributed by atoms with Crippen LogP contribution in [0.1, 0.15) is 23.3 Å². The molecule has 0 radical (unpaired) electrons. The van der Waals surface area contributed by atoms with Crippen LogP contribution >= 0.6 is 0 Å². The number of nitrogen functional groups attached to an aromatic ring is 1. The van der Waals surface area contributed by atoms with Gasteiger partial charge in [0.25, 0.3) is 5.91 Å². The van der Waals surface area contributed by atoms with E-state index in [0.29, 0.717) is 17.4 Å². The van der Waals surface area contributed by atoms with Gasteiger partial charge in [-0.2, -0.15) is 0 Å². The third-order valence-corrected chi connectivity index (χ3v) is 3.09.